The van der Waals surface area contributed by atoms with E-state index in [0.29, 0.717) is 16.0 Å². The van der Waals surface area contributed by atoms with Crippen LogP contribution in [0.3, 0.4) is 0 Å². The van der Waals surface area contributed by atoms with Gasteiger partial charge in [-0.1, -0.05) is 0 Å². The van der Waals surface area contributed by atoms with Gasteiger partial charge in [0.1, 0.15) is 17.3 Å². The van der Waals surface area contributed by atoms with E-state index < -0.39 is 12.6 Å². The number of fused-ring (bicyclic) bond motifs is 1. The van der Waals surface area contributed by atoms with Crippen LogP contribution in [0.2, 0.25) is 0 Å². The first-order chi connectivity index (χ1) is 8.39. The van der Waals surface area contributed by atoms with E-state index in [1.165, 1.54) is 13.2 Å². The number of rotatable bonds is 3. The third-order valence-corrected chi connectivity index (χ3v) is 3.20. The van der Waals surface area contributed by atoms with Gasteiger partial charge in [-0.25, -0.2) is 9.97 Å². The van der Waals surface area contributed by atoms with E-state index in [-0.39, 0.29) is 17.3 Å². The van der Waals surface area contributed by atoms with Gasteiger partial charge in [0, 0.05) is 12.0 Å². The molecule has 2 N–H and O–H groups in total. The summed E-state index contributed by atoms with van der Waals surface area (Å²) < 4.78 is 41.7. The van der Waals surface area contributed by atoms with Gasteiger partial charge in [0.15, 0.2) is 5.82 Å². The lowest BCUT2D eigenvalue weighted by Gasteiger charge is -2.01. The second kappa shape index (κ2) is 4.69. The van der Waals surface area contributed by atoms with Gasteiger partial charge in [0.2, 0.25) is 0 Å². The smallest absolute Gasteiger partial charge is 0.383 e. The minimum atomic E-state index is -4.24. The van der Waals surface area contributed by atoms with Crippen molar-refractivity contribution in [3.8, 4) is 0 Å². The maximum atomic E-state index is 12.3. The molecule has 2 aromatic heterocycles. The summed E-state index contributed by atoms with van der Waals surface area (Å²) in [6.07, 6.45) is -5.22. The summed E-state index contributed by atoms with van der Waals surface area (Å²) in [7, 11) is 1.48. The molecule has 0 unspecified atom stereocenters. The van der Waals surface area contributed by atoms with Crippen molar-refractivity contribution < 1.29 is 17.9 Å². The molecular weight excluding hydrogens is 267 g/mol. The predicted octanol–water partition coefficient (Wildman–Crippen LogP) is 2.52. The van der Waals surface area contributed by atoms with E-state index in [0.717, 1.165) is 11.3 Å². The van der Waals surface area contributed by atoms with Gasteiger partial charge in [-0.15, -0.1) is 11.3 Å². The summed E-state index contributed by atoms with van der Waals surface area (Å²) in [6, 6.07) is 1.39. The average molecular weight is 277 g/mol. The largest absolute Gasteiger partial charge is 0.393 e. The SMILES string of the molecule is COCc1nc(N)c2cc(CC(F)(F)F)sc2n1. The number of anilines is 1. The Hall–Kier alpha value is -1.41. The van der Waals surface area contributed by atoms with Crippen LogP contribution in [0.15, 0.2) is 6.07 Å². The van der Waals surface area contributed by atoms with Crippen molar-refractivity contribution in [3.05, 3.63) is 16.8 Å². The van der Waals surface area contributed by atoms with Crippen LogP contribution in [0.5, 0.6) is 0 Å². The molecule has 0 aliphatic heterocycles. The Bertz CT molecular complexity index is 567. The zero-order chi connectivity index (χ0) is 13.3. The van der Waals surface area contributed by atoms with Crippen LogP contribution < -0.4 is 5.73 Å². The van der Waals surface area contributed by atoms with Crippen LogP contribution >= 0.6 is 11.3 Å². The van der Waals surface area contributed by atoms with Crippen molar-refractivity contribution in [1.82, 2.24) is 9.97 Å². The fourth-order valence-electron chi connectivity index (χ4n) is 1.52. The molecular formula is C10H10F3N3OS. The highest BCUT2D eigenvalue weighted by atomic mass is 32.1. The monoisotopic (exact) mass is 277 g/mol. The Morgan fingerprint density at radius 1 is 1.39 bits per heavy atom. The van der Waals surface area contributed by atoms with Crippen LogP contribution in [0.1, 0.15) is 10.7 Å². The van der Waals surface area contributed by atoms with E-state index in [9.17, 15) is 13.2 Å². The fraction of sp³-hybridized carbons (Fsp3) is 0.400. The molecule has 18 heavy (non-hydrogen) atoms. The lowest BCUT2D eigenvalue weighted by atomic mass is 10.3. The molecule has 0 saturated carbocycles. The van der Waals surface area contributed by atoms with Gasteiger partial charge in [-0.3, -0.25) is 0 Å². The van der Waals surface area contributed by atoms with E-state index in [1.54, 1.807) is 0 Å². The zero-order valence-electron chi connectivity index (χ0n) is 9.41. The maximum Gasteiger partial charge on any atom is 0.393 e. The molecule has 0 aromatic carbocycles. The highest BCUT2D eigenvalue weighted by molar-refractivity contribution is 7.18. The topological polar surface area (TPSA) is 61.0 Å². The van der Waals surface area contributed by atoms with Crippen LogP contribution in [-0.2, 0) is 17.8 Å². The number of thiophene rings is 1. The van der Waals surface area contributed by atoms with Gasteiger partial charge in [0.25, 0.3) is 0 Å². The maximum absolute atomic E-state index is 12.3. The average Bonchev–Trinajstić information content (AvgIpc) is 2.58. The van der Waals surface area contributed by atoms with Gasteiger partial charge in [-0.2, -0.15) is 13.2 Å². The number of nitrogen functional groups attached to an aromatic ring is 1. The molecule has 0 spiro atoms. The van der Waals surface area contributed by atoms with Gasteiger partial charge < -0.3 is 10.5 Å². The van der Waals surface area contributed by atoms with Crippen LogP contribution in [0.4, 0.5) is 19.0 Å². The second-order valence-corrected chi connectivity index (χ2v) is 4.80. The number of hydrogen-bond donors (Lipinski definition) is 1. The lowest BCUT2D eigenvalue weighted by Crippen LogP contribution is -2.09. The summed E-state index contributed by atoms with van der Waals surface area (Å²) in [6.45, 7) is 0.173. The number of nitrogens with two attached hydrogens (primary N) is 1. The first kappa shape index (κ1) is 13.0. The minimum Gasteiger partial charge on any atom is -0.383 e. The summed E-state index contributed by atoms with van der Waals surface area (Å²) in [4.78, 5) is 8.71. The lowest BCUT2D eigenvalue weighted by molar-refractivity contribution is -0.126. The van der Waals surface area contributed by atoms with E-state index in [4.69, 9.17) is 10.5 Å². The standard InChI is InChI=1S/C10H10F3N3OS/c1-17-4-7-15-8(14)6-2-5(3-10(11,12)13)18-9(6)16-7/h2H,3-4H2,1H3,(H2,14,15,16). The van der Waals surface area contributed by atoms with Crippen molar-refractivity contribution in [3.63, 3.8) is 0 Å². The molecule has 8 heteroatoms. The molecule has 0 fully saturated rings. The molecule has 0 aliphatic rings. The Balaban J connectivity index is 2.41. The van der Waals surface area contributed by atoms with Gasteiger partial charge >= 0.3 is 6.18 Å². The number of hydrogen-bond acceptors (Lipinski definition) is 5. The highest BCUT2D eigenvalue weighted by Crippen LogP contribution is 2.31. The quantitative estimate of drug-likeness (QED) is 0.936. The number of halogens is 3. The number of aromatic nitrogens is 2. The third kappa shape index (κ3) is 2.88. The Morgan fingerprint density at radius 2 is 2.11 bits per heavy atom. The molecule has 2 aromatic rings. The van der Waals surface area contributed by atoms with E-state index in [2.05, 4.69) is 9.97 Å². The second-order valence-electron chi connectivity index (χ2n) is 3.68. The first-order valence-electron chi connectivity index (χ1n) is 4.99. The summed E-state index contributed by atoms with van der Waals surface area (Å²) in [5.41, 5.74) is 5.68. The van der Waals surface area contributed by atoms with Crippen molar-refractivity contribution in [2.45, 2.75) is 19.2 Å². The summed E-state index contributed by atoms with van der Waals surface area (Å²) in [5.74, 6) is 0.541. The van der Waals surface area contributed by atoms with E-state index >= 15 is 0 Å². The number of ether oxygens (including phenoxy) is 1. The molecule has 0 amide bonds. The molecule has 2 rings (SSSR count). The Morgan fingerprint density at radius 3 is 2.72 bits per heavy atom. The van der Waals surface area contributed by atoms with Crippen molar-refractivity contribution >= 4 is 27.4 Å². The van der Waals surface area contributed by atoms with Crippen LogP contribution in [0, 0.1) is 0 Å². The van der Waals surface area contributed by atoms with Gasteiger partial charge in [0.05, 0.1) is 11.8 Å². The summed E-state index contributed by atoms with van der Waals surface area (Å²) >= 11 is 0.972. The normalized spacial score (nSPS) is 12.2. The minimum absolute atomic E-state index is 0.173. The third-order valence-electron chi connectivity index (χ3n) is 2.17. The molecule has 0 radical (unpaired) electrons. The molecule has 0 atom stereocenters. The van der Waals surface area contributed by atoms with Crippen molar-refractivity contribution in [2.75, 3.05) is 12.8 Å². The predicted molar refractivity (Wildman–Crippen MR) is 62.3 cm³/mol. The van der Waals surface area contributed by atoms with Crippen LogP contribution in [-0.4, -0.2) is 23.3 Å². The molecule has 0 bridgehead atoms. The van der Waals surface area contributed by atoms with Gasteiger partial charge in [-0.05, 0) is 6.07 Å². The number of methoxy groups -OCH3 is 1. The van der Waals surface area contributed by atoms with Crippen molar-refractivity contribution in [1.29, 1.82) is 0 Å². The fourth-order valence-corrected chi connectivity index (χ4v) is 2.60. The Labute approximate surface area is 105 Å². The van der Waals surface area contributed by atoms with Crippen molar-refractivity contribution in [2.24, 2.45) is 0 Å². The molecule has 4 nitrogen and oxygen atoms in total. The first-order valence-corrected chi connectivity index (χ1v) is 5.81. The molecule has 2 heterocycles. The van der Waals surface area contributed by atoms with E-state index in [1.807, 2.05) is 0 Å². The number of nitrogens with zero attached hydrogens (tertiary/aromatic N) is 2. The number of alkyl halides is 3. The highest BCUT2D eigenvalue weighted by Gasteiger charge is 2.29. The van der Waals surface area contributed by atoms with Crippen LogP contribution in [0.25, 0.3) is 10.2 Å². The summed E-state index contributed by atoms with van der Waals surface area (Å²) in [5, 5.41) is 0.458. The zero-order valence-corrected chi connectivity index (χ0v) is 10.2. The molecule has 98 valence electrons. The Kier molecular flexibility index (Phi) is 3.40. The molecule has 0 aliphatic carbocycles. The molecule has 0 saturated heterocycles.